The maximum Gasteiger partial charge on any atom is 0.0590 e. The summed E-state index contributed by atoms with van der Waals surface area (Å²) in [6.07, 6.45) is 0. The first-order valence-electron chi connectivity index (χ1n) is 4.72. The van der Waals surface area contributed by atoms with E-state index in [-0.39, 0.29) is 0 Å². The van der Waals surface area contributed by atoms with E-state index >= 15 is 0 Å². The Balaban J connectivity index is 2.38. The van der Waals surface area contributed by atoms with Gasteiger partial charge in [0.05, 0.1) is 6.67 Å². The summed E-state index contributed by atoms with van der Waals surface area (Å²) in [5.74, 6) is 6.26. The number of thioether (sulfide) groups is 1. The summed E-state index contributed by atoms with van der Waals surface area (Å²) >= 11 is 1.86. The maximum atomic E-state index is 5.14. The van der Waals surface area contributed by atoms with Gasteiger partial charge in [-0.2, -0.15) is 0 Å². The van der Waals surface area contributed by atoms with Gasteiger partial charge in [-0.3, -0.25) is 11.2 Å². The summed E-state index contributed by atoms with van der Waals surface area (Å²) in [4.78, 5) is 1.33. The van der Waals surface area contributed by atoms with Gasteiger partial charge in [0.15, 0.2) is 0 Å². The van der Waals surface area contributed by atoms with E-state index in [2.05, 4.69) is 41.9 Å². The molecule has 0 amide bonds. The van der Waals surface area contributed by atoms with Gasteiger partial charge >= 0.3 is 0 Å². The number of rotatable bonds is 6. The van der Waals surface area contributed by atoms with Crippen LogP contribution in [0, 0.1) is 0 Å². The van der Waals surface area contributed by atoms with Crippen molar-refractivity contribution in [3.63, 3.8) is 0 Å². The molecule has 1 rings (SSSR count). The fourth-order valence-corrected chi connectivity index (χ4v) is 1.81. The van der Waals surface area contributed by atoms with Gasteiger partial charge in [-0.25, -0.2) is 5.43 Å². The summed E-state index contributed by atoms with van der Waals surface area (Å²) < 4.78 is 0. The van der Waals surface area contributed by atoms with Crippen LogP contribution in [0.25, 0.3) is 0 Å². The molecular weight excluding hydrogens is 194 g/mol. The minimum absolute atomic E-state index is 0.630. The van der Waals surface area contributed by atoms with Crippen molar-refractivity contribution in [2.75, 3.05) is 12.4 Å². The molecule has 1 aromatic rings. The van der Waals surface area contributed by atoms with Crippen molar-refractivity contribution in [1.82, 2.24) is 10.7 Å². The molecule has 0 aliphatic carbocycles. The molecule has 0 saturated heterocycles. The second-order valence-electron chi connectivity index (χ2n) is 2.88. The van der Waals surface area contributed by atoms with Crippen molar-refractivity contribution in [2.24, 2.45) is 5.84 Å². The molecule has 4 heteroatoms. The molecular formula is C10H17N3S. The van der Waals surface area contributed by atoms with Crippen LogP contribution in [-0.4, -0.2) is 12.4 Å². The van der Waals surface area contributed by atoms with Gasteiger partial charge < -0.3 is 0 Å². The van der Waals surface area contributed by atoms with Crippen LogP contribution in [0.15, 0.2) is 29.2 Å². The highest BCUT2D eigenvalue weighted by Crippen LogP contribution is 2.17. The predicted molar refractivity (Wildman–Crippen MR) is 61.9 cm³/mol. The Bertz CT molecular complexity index is 248. The standard InChI is InChI=1S/C10H17N3S/c1-2-14-10-5-3-9(4-6-10)7-12-8-13-11/h3-6,12-13H,2,7-8,11H2,1H3. The first kappa shape index (κ1) is 11.5. The Morgan fingerprint density at radius 1 is 1.29 bits per heavy atom. The number of hydrogen-bond donors (Lipinski definition) is 3. The van der Waals surface area contributed by atoms with E-state index in [4.69, 9.17) is 5.84 Å². The van der Waals surface area contributed by atoms with Crippen molar-refractivity contribution in [3.8, 4) is 0 Å². The molecule has 0 unspecified atom stereocenters. The zero-order chi connectivity index (χ0) is 10.2. The van der Waals surface area contributed by atoms with Crippen LogP contribution < -0.4 is 16.6 Å². The van der Waals surface area contributed by atoms with Gasteiger partial charge in [0.25, 0.3) is 0 Å². The minimum Gasteiger partial charge on any atom is -0.299 e. The molecule has 4 N–H and O–H groups in total. The van der Waals surface area contributed by atoms with Crippen molar-refractivity contribution in [3.05, 3.63) is 29.8 Å². The van der Waals surface area contributed by atoms with Crippen LogP contribution in [-0.2, 0) is 6.54 Å². The first-order chi connectivity index (χ1) is 6.86. The van der Waals surface area contributed by atoms with Gasteiger partial charge in [-0.05, 0) is 23.4 Å². The normalized spacial score (nSPS) is 10.4. The third kappa shape index (κ3) is 4.11. The lowest BCUT2D eigenvalue weighted by Crippen LogP contribution is -2.33. The molecule has 0 aliphatic heterocycles. The smallest absolute Gasteiger partial charge is 0.0590 e. The van der Waals surface area contributed by atoms with Gasteiger partial charge in [-0.1, -0.05) is 19.1 Å². The van der Waals surface area contributed by atoms with Crippen LogP contribution in [0.5, 0.6) is 0 Å². The SMILES string of the molecule is CCSc1ccc(CNCNN)cc1. The summed E-state index contributed by atoms with van der Waals surface area (Å²) in [7, 11) is 0. The summed E-state index contributed by atoms with van der Waals surface area (Å²) in [5.41, 5.74) is 3.83. The molecule has 0 heterocycles. The Kier molecular flexibility index (Phi) is 5.63. The molecule has 0 saturated carbocycles. The third-order valence-electron chi connectivity index (χ3n) is 1.79. The highest BCUT2D eigenvalue weighted by Gasteiger charge is 1.93. The summed E-state index contributed by atoms with van der Waals surface area (Å²) in [6, 6.07) is 8.59. The van der Waals surface area contributed by atoms with E-state index in [9.17, 15) is 0 Å². The molecule has 0 fully saturated rings. The number of hydrazine groups is 1. The quantitative estimate of drug-likeness (QED) is 0.218. The summed E-state index contributed by atoms with van der Waals surface area (Å²) in [5, 5.41) is 3.16. The molecule has 0 spiro atoms. The average molecular weight is 211 g/mol. The first-order valence-corrected chi connectivity index (χ1v) is 5.71. The van der Waals surface area contributed by atoms with E-state index in [1.165, 1.54) is 10.5 Å². The Labute approximate surface area is 89.4 Å². The number of nitrogens with two attached hydrogens (primary N) is 1. The molecule has 0 aromatic heterocycles. The minimum atomic E-state index is 0.630. The van der Waals surface area contributed by atoms with E-state index in [0.29, 0.717) is 6.67 Å². The highest BCUT2D eigenvalue weighted by atomic mass is 32.2. The molecule has 1 aromatic carbocycles. The zero-order valence-electron chi connectivity index (χ0n) is 8.42. The van der Waals surface area contributed by atoms with E-state index in [0.717, 1.165) is 12.3 Å². The summed E-state index contributed by atoms with van der Waals surface area (Å²) in [6.45, 7) is 3.64. The Hall–Kier alpha value is -0.550. The van der Waals surface area contributed by atoms with Crippen molar-refractivity contribution < 1.29 is 0 Å². The van der Waals surface area contributed by atoms with Crippen molar-refractivity contribution in [2.45, 2.75) is 18.4 Å². The van der Waals surface area contributed by atoms with Crippen LogP contribution in [0.3, 0.4) is 0 Å². The van der Waals surface area contributed by atoms with Crippen molar-refractivity contribution >= 4 is 11.8 Å². The van der Waals surface area contributed by atoms with E-state index in [1.54, 1.807) is 0 Å². The second-order valence-corrected chi connectivity index (χ2v) is 4.22. The van der Waals surface area contributed by atoms with Crippen molar-refractivity contribution in [1.29, 1.82) is 0 Å². The lowest BCUT2D eigenvalue weighted by atomic mass is 10.2. The van der Waals surface area contributed by atoms with Crippen LogP contribution in [0.2, 0.25) is 0 Å². The molecule has 0 bridgehead atoms. The lowest BCUT2D eigenvalue weighted by Gasteiger charge is -2.04. The van der Waals surface area contributed by atoms with E-state index < -0.39 is 0 Å². The molecule has 0 radical (unpaired) electrons. The fraction of sp³-hybridized carbons (Fsp3) is 0.400. The average Bonchev–Trinajstić information content (AvgIpc) is 2.21. The van der Waals surface area contributed by atoms with Crippen LogP contribution in [0.1, 0.15) is 12.5 Å². The zero-order valence-corrected chi connectivity index (χ0v) is 9.23. The third-order valence-corrected chi connectivity index (χ3v) is 2.68. The maximum absolute atomic E-state index is 5.14. The van der Waals surface area contributed by atoms with Gasteiger partial charge in [0.2, 0.25) is 0 Å². The number of nitrogens with one attached hydrogen (secondary N) is 2. The largest absolute Gasteiger partial charge is 0.299 e. The fourth-order valence-electron chi connectivity index (χ4n) is 1.15. The predicted octanol–water partition coefficient (Wildman–Crippen LogP) is 1.31. The number of benzene rings is 1. The Morgan fingerprint density at radius 2 is 2.00 bits per heavy atom. The highest BCUT2D eigenvalue weighted by molar-refractivity contribution is 7.99. The van der Waals surface area contributed by atoms with Gasteiger partial charge in [0, 0.05) is 11.4 Å². The molecule has 78 valence electrons. The van der Waals surface area contributed by atoms with Crippen LogP contribution in [0.4, 0.5) is 0 Å². The Morgan fingerprint density at radius 3 is 2.57 bits per heavy atom. The topological polar surface area (TPSA) is 50.1 Å². The number of hydrogen-bond acceptors (Lipinski definition) is 4. The molecule has 0 aliphatic rings. The van der Waals surface area contributed by atoms with Gasteiger partial charge in [-0.15, -0.1) is 11.8 Å². The molecule has 14 heavy (non-hydrogen) atoms. The van der Waals surface area contributed by atoms with Crippen LogP contribution >= 0.6 is 11.8 Å². The molecule has 3 nitrogen and oxygen atoms in total. The molecule has 0 atom stereocenters. The lowest BCUT2D eigenvalue weighted by molar-refractivity contribution is 0.601. The monoisotopic (exact) mass is 211 g/mol. The van der Waals surface area contributed by atoms with Gasteiger partial charge in [0.1, 0.15) is 0 Å². The van der Waals surface area contributed by atoms with E-state index in [1.807, 2.05) is 11.8 Å². The second kappa shape index (κ2) is 6.84.